The number of hydrogen-bond donors (Lipinski definition) is 7. The molecule has 7 N–H and O–H groups in total. The summed E-state index contributed by atoms with van der Waals surface area (Å²) in [6, 6.07) is 0. The lowest BCUT2D eigenvalue weighted by atomic mass is 9.45. The number of halogens is 1. The standard InChI is InChI=1S/C22H29ClO5.4C3H6O2/c1-12-8-16-15-5-4-13-9-14(25)6-7-19(13,2)21(15,23)17(26)10-20(16,3)22(12,28)18(27)11-24;4*1-2-3(4)5/h6-7,9,12,15-17,24,26,28H,4-5,8,10-11H2,1-3H3;4*2H2,1H3,(H,4,5)/t12-,15-,16-,17-,19-,20-,21-,22-;;;;/m0..../s1. The number of hydrogen-bond acceptors (Lipinski definition) is 9. The van der Waals surface area contributed by atoms with Crippen molar-refractivity contribution in [3.05, 3.63) is 23.8 Å². The van der Waals surface area contributed by atoms with Gasteiger partial charge in [0, 0.05) is 36.5 Å². The molecule has 48 heavy (non-hydrogen) atoms. The van der Waals surface area contributed by atoms with Crippen molar-refractivity contribution in [3.8, 4) is 0 Å². The maximum Gasteiger partial charge on any atom is 0.303 e. The van der Waals surface area contributed by atoms with E-state index in [1.54, 1.807) is 33.8 Å². The molecule has 0 aliphatic heterocycles. The molecule has 0 saturated heterocycles. The first-order valence-electron chi connectivity index (χ1n) is 16.1. The van der Waals surface area contributed by atoms with Gasteiger partial charge in [-0.1, -0.05) is 60.1 Å². The average Bonchev–Trinajstić information content (AvgIpc) is 3.23. The van der Waals surface area contributed by atoms with E-state index in [-0.39, 0.29) is 55.6 Å². The first kappa shape index (κ1) is 44.9. The van der Waals surface area contributed by atoms with E-state index in [1.807, 2.05) is 26.8 Å². The number of carboxylic acid groups (broad SMARTS) is 4. The summed E-state index contributed by atoms with van der Waals surface area (Å²) in [6.07, 6.45) is 7.11. The topological polar surface area (TPSA) is 244 Å². The Morgan fingerprint density at radius 2 is 1.27 bits per heavy atom. The van der Waals surface area contributed by atoms with Crippen LogP contribution in [-0.4, -0.2) is 94.4 Å². The third kappa shape index (κ3) is 9.52. The molecular formula is C34H53ClO13. The number of Topliss-reactive ketones (excluding diaryl/α,β-unsaturated/α-hetero) is 1. The van der Waals surface area contributed by atoms with Gasteiger partial charge >= 0.3 is 23.9 Å². The first-order chi connectivity index (χ1) is 22.0. The van der Waals surface area contributed by atoms with Gasteiger partial charge in [-0.2, -0.15) is 0 Å². The third-order valence-electron chi connectivity index (χ3n) is 10.0. The summed E-state index contributed by atoms with van der Waals surface area (Å²) in [6.45, 7) is 11.4. The van der Waals surface area contributed by atoms with Crippen LogP contribution in [0.25, 0.3) is 0 Å². The Bertz CT molecular complexity index is 1190. The van der Waals surface area contributed by atoms with Gasteiger partial charge in [0.15, 0.2) is 11.6 Å². The van der Waals surface area contributed by atoms with Crippen LogP contribution in [0.1, 0.15) is 99.8 Å². The molecule has 0 unspecified atom stereocenters. The Labute approximate surface area is 286 Å². The summed E-state index contributed by atoms with van der Waals surface area (Å²) < 4.78 is 0. The van der Waals surface area contributed by atoms with Crippen LogP contribution in [0.15, 0.2) is 23.8 Å². The number of aliphatic hydroxyl groups excluding tert-OH is 2. The summed E-state index contributed by atoms with van der Waals surface area (Å²) in [7, 11) is 0. The molecule has 4 rings (SSSR count). The summed E-state index contributed by atoms with van der Waals surface area (Å²) in [5.41, 5.74) is -2.25. The van der Waals surface area contributed by atoms with Crippen molar-refractivity contribution in [2.45, 2.75) is 116 Å². The van der Waals surface area contributed by atoms with Gasteiger partial charge in [-0.05, 0) is 55.6 Å². The quantitative estimate of drug-likeness (QED) is 0.193. The number of ketones is 2. The number of rotatable bonds is 6. The molecule has 0 aromatic heterocycles. The number of aliphatic hydroxyl groups is 3. The number of carbonyl (C=O) groups excluding carboxylic acids is 2. The number of fused-ring (bicyclic) bond motifs is 5. The van der Waals surface area contributed by atoms with Gasteiger partial charge in [-0.25, -0.2) is 0 Å². The highest BCUT2D eigenvalue weighted by molar-refractivity contribution is 6.26. The second-order valence-corrected chi connectivity index (χ2v) is 13.4. The molecular weight excluding hydrogens is 652 g/mol. The molecule has 4 aliphatic rings. The highest BCUT2D eigenvalue weighted by Crippen LogP contribution is 2.71. The molecule has 8 atom stereocenters. The van der Waals surface area contributed by atoms with Crippen LogP contribution in [0.3, 0.4) is 0 Å². The van der Waals surface area contributed by atoms with Crippen molar-refractivity contribution in [2.75, 3.05) is 6.61 Å². The highest BCUT2D eigenvalue weighted by atomic mass is 35.5. The zero-order valence-electron chi connectivity index (χ0n) is 28.9. The number of alkyl halides is 1. The van der Waals surface area contributed by atoms with Crippen LogP contribution in [-0.2, 0) is 28.8 Å². The summed E-state index contributed by atoms with van der Waals surface area (Å²) in [5, 5.41) is 63.2. The monoisotopic (exact) mass is 704 g/mol. The van der Waals surface area contributed by atoms with E-state index in [9.17, 15) is 44.1 Å². The molecule has 0 radical (unpaired) electrons. The zero-order chi connectivity index (χ0) is 37.8. The lowest BCUT2D eigenvalue weighted by Crippen LogP contribution is -2.69. The lowest BCUT2D eigenvalue weighted by Gasteiger charge is -2.63. The van der Waals surface area contributed by atoms with Crippen molar-refractivity contribution in [2.24, 2.45) is 28.6 Å². The molecule has 0 bridgehead atoms. The molecule has 0 aromatic rings. The minimum atomic E-state index is -1.68. The van der Waals surface area contributed by atoms with E-state index in [0.29, 0.717) is 19.3 Å². The SMILES string of the molecule is CCC(=O)O.CCC(=O)O.CCC(=O)O.CCC(=O)O.C[C@H]1C[C@H]2[C@@H]3CCC4=CC(=O)C=C[C@]4(C)[C@@]3(Cl)[C@@H](O)C[C@]2(C)[C@@]1(O)C(=O)CO. The van der Waals surface area contributed by atoms with E-state index in [0.717, 1.165) is 5.57 Å². The fourth-order valence-electron chi connectivity index (χ4n) is 7.26. The minimum Gasteiger partial charge on any atom is -0.481 e. The predicted molar refractivity (Wildman–Crippen MR) is 176 cm³/mol. The Kier molecular flexibility index (Phi) is 17.4. The molecule has 14 heteroatoms. The van der Waals surface area contributed by atoms with Gasteiger partial charge in [0.05, 0.1) is 11.0 Å². The van der Waals surface area contributed by atoms with Gasteiger partial charge in [-0.15, -0.1) is 11.6 Å². The maximum absolute atomic E-state index is 12.6. The molecule has 13 nitrogen and oxygen atoms in total. The van der Waals surface area contributed by atoms with Gasteiger partial charge in [0.25, 0.3) is 0 Å². The lowest BCUT2D eigenvalue weighted by molar-refractivity contribution is -0.179. The van der Waals surface area contributed by atoms with E-state index in [2.05, 4.69) is 0 Å². The largest absolute Gasteiger partial charge is 0.481 e. The van der Waals surface area contributed by atoms with E-state index >= 15 is 0 Å². The van der Waals surface area contributed by atoms with E-state index in [1.165, 1.54) is 6.08 Å². The van der Waals surface area contributed by atoms with Gasteiger partial charge in [-0.3, -0.25) is 28.8 Å². The predicted octanol–water partition coefficient (Wildman–Crippen LogP) is 4.09. The van der Waals surface area contributed by atoms with E-state index < -0.39 is 63.7 Å². The molecule has 0 heterocycles. The smallest absolute Gasteiger partial charge is 0.303 e. The van der Waals surface area contributed by atoms with Gasteiger partial charge < -0.3 is 35.7 Å². The number of carbonyl (C=O) groups is 6. The highest BCUT2D eigenvalue weighted by Gasteiger charge is 2.74. The fourth-order valence-corrected chi connectivity index (χ4v) is 7.78. The average molecular weight is 705 g/mol. The summed E-state index contributed by atoms with van der Waals surface area (Å²) in [4.78, 5) is 61.0. The minimum absolute atomic E-state index is 0.0567. The van der Waals surface area contributed by atoms with Crippen LogP contribution in [0.4, 0.5) is 0 Å². The Morgan fingerprint density at radius 3 is 1.65 bits per heavy atom. The van der Waals surface area contributed by atoms with E-state index in [4.69, 9.17) is 32.0 Å². The molecule has 3 fully saturated rings. The van der Waals surface area contributed by atoms with Gasteiger partial charge in [0.2, 0.25) is 0 Å². The number of aliphatic carboxylic acids is 4. The van der Waals surface area contributed by atoms with Crippen LogP contribution in [0.2, 0.25) is 0 Å². The molecule has 274 valence electrons. The van der Waals surface area contributed by atoms with Crippen molar-refractivity contribution in [1.82, 2.24) is 0 Å². The number of carboxylic acids is 4. The first-order valence-corrected chi connectivity index (χ1v) is 16.5. The molecule has 0 spiro atoms. The molecule has 3 saturated carbocycles. The van der Waals surface area contributed by atoms with Crippen molar-refractivity contribution in [3.63, 3.8) is 0 Å². The third-order valence-corrected chi connectivity index (χ3v) is 10.9. The molecule has 0 aromatic carbocycles. The van der Waals surface area contributed by atoms with Gasteiger partial charge in [0.1, 0.15) is 12.2 Å². The second-order valence-electron chi connectivity index (χ2n) is 12.7. The Morgan fingerprint density at radius 1 is 0.854 bits per heavy atom. The fraction of sp³-hybridized carbons (Fsp3) is 0.706. The van der Waals surface area contributed by atoms with Crippen LogP contribution >= 0.6 is 11.6 Å². The Hall–Kier alpha value is -3.13. The van der Waals surface area contributed by atoms with Crippen LogP contribution in [0.5, 0.6) is 0 Å². The van der Waals surface area contributed by atoms with Crippen molar-refractivity contribution >= 4 is 47.0 Å². The van der Waals surface area contributed by atoms with Crippen LogP contribution in [0, 0.1) is 28.6 Å². The zero-order valence-corrected chi connectivity index (χ0v) is 29.6. The van der Waals surface area contributed by atoms with Crippen molar-refractivity contribution < 1.29 is 64.5 Å². The van der Waals surface area contributed by atoms with Crippen LogP contribution < -0.4 is 0 Å². The van der Waals surface area contributed by atoms with Crippen molar-refractivity contribution in [1.29, 1.82) is 0 Å². The Balaban J connectivity index is 0.000000903. The number of allylic oxidation sites excluding steroid dienone is 4. The maximum atomic E-state index is 12.6. The summed E-state index contributed by atoms with van der Waals surface area (Å²) in [5.74, 6) is -4.13. The normalized spacial score (nSPS) is 33.7. The molecule has 0 amide bonds. The summed E-state index contributed by atoms with van der Waals surface area (Å²) >= 11 is 7.30. The molecule has 4 aliphatic carbocycles. The second kappa shape index (κ2) is 18.6.